The van der Waals surface area contributed by atoms with Crippen LogP contribution in [0.1, 0.15) is 25.0 Å². The summed E-state index contributed by atoms with van der Waals surface area (Å²) in [5.74, 6) is 0.719. The van der Waals surface area contributed by atoms with Crippen molar-refractivity contribution >= 4 is 40.0 Å². The van der Waals surface area contributed by atoms with Crippen LogP contribution in [0.25, 0.3) is 0 Å². The first-order valence-corrected chi connectivity index (χ1v) is 10.7. The van der Waals surface area contributed by atoms with Gasteiger partial charge in [-0.2, -0.15) is 0 Å². The number of rotatable bonds is 9. The molecule has 0 spiro atoms. The van der Waals surface area contributed by atoms with E-state index in [1.54, 1.807) is 7.05 Å². The molecule has 0 bridgehead atoms. The molecule has 2 rings (SSSR count). The van der Waals surface area contributed by atoms with E-state index in [-0.39, 0.29) is 35.8 Å². The summed E-state index contributed by atoms with van der Waals surface area (Å²) in [6, 6.07) is 11.5. The molecule has 0 saturated carbocycles. The third kappa shape index (κ3) is 9.07. The number of guanidine groups is 1. The summed E-state index contributed by atoms with van der Waals surface area (Å²) in [6.45, 7) is 5.87. The van der Waals surface area contributed by atoms with E-state index >= 15 is 0 Å². The molecule has 28 heavy (non-hydrogen) atoms. The van der Waals surface area contributed by atoms with Crippen LogP contribution < -0.4 is 15.4 Å². The van der Waals surface area contributed by atoms with Crippen molar-refractivity contribution in [1.82, 2.24) is 19.9 Å². The highest BCUT2D eigenvalue weighted by atomic mass is 127. The average molecular weight is 519 g/mol. The van der Waals surface area contributed by atoms with Crippen LogP contribution in [0.4, 0.5) is 0 Å². The third-order valence-corrected chi connectivity index (χ3v) is 5.35. The molecule has 156 valence electrons. The van der Waals surface area contributed by atoms with Gasteiger partial charge in [0, 0.05) is 45.1 Å². The van der Waals surface area contributed by atoms with Crippen molar-refractivity contribution in [3.05, 3.63) is 59.9 Å². The van der Waals surface area contributed by atoms with Crippen molar-refractivity contribution in [1.29, 1.82) is 0 Å². The van der Waals surface area contributed by atoms with E-state index in [4.69, 9.17) is 0 Å². The van der Waals surface area contributed by atoms with E-state index in [2.05, 4.69) is 24.9 Å². The van der Waals surface area contributed by atoms with Crippen molar-refractivity contribution in [2.75, 3.05) is 13.6 Å². The lowest BCUT2D eigenvalue weighted by Crippen LogP contribution is -2.38. The Bertz CT molecular complexity index is 819. The van der Waals surface area contributed by atoms with Crippen molar-refractivity contribution in [3.8, 4) is 0 Å². The maximum atomic E-state index is 12.0. The molecule has 9 heteroatoms. The van der Waals surface area contributed by atoms with Gasteiger partial charge < -0.3 is 15.2 Å². The zero-order valence-electron chi connectivity index (χ0n) is 16.6. The monoisotopic (exact) mass is 519 g/mol. The first-order valence-electron chi connectivity index (χ1n) is 9.01. The van der Waals surface area contributed by atoms with Crippen molar-refractivity contribution in [2.45, 2.75) is 38.7 Å². The van der Waals surface area contributed by atoms with Gasteiger partial charge in [0.1, 0.15) is 0 Å². The molecule has 0 radical (unpaired) electrons. The number of hydrogen-bond donors (Lipinski definition) is 3. The fourth-order valence-corrected chi connectivity index (χ4v) is 4.04. The van der Waals surface area contributed by atoms with Gasteiger partial charge in [-0.1, -0.05) is 24.3 Å². The number of halogens is 1. The molecule has 7 nitrogen and oxygen atoms in total. The van der Waals surface area contributed by atoms with Gasteiger partial charge in [-0.25, -0.2) is 13.1 Å². The number of aliphatic imine (C=N–C) groups is 1. The Hall–Kier alpha value is -1.59. The number of hydrogen-bond acceptors (Lipinski definition) is 3. The molecular formula is C19H30IN5O2S. The van der Waals surface area contributed by atoms with Gasteiger partial charge in [-0.15, -0.1) is 24.0 Å². The van der Waals surface area contributed by atoms with Crippen molar-refractivity contribution in [2.24, 2.45) is 4.99 Å². The number of nitrogens with one attached hydrogen (secondary N) is 3. The molecule has 0 fully saturated rings. The minimum atomic E-state index is -3.30. The Kier molecular flexibility index (Phi) is 10.5. The SMILES string of the molecule is CN=C(NCCn1cccc1)NCc1ccc(CS(=O)(=O)NC(C)C)cc1.I. The molecule has 0 amide bonds. The molecule has 3 N–H and O–H groups in total. The predicted octanol–water partition coefficient (Wildman–Crippen LogP) is 2.30. The summed E-state index contributed by atoms with van der Waals surface area (Å²) in [4.78, 5) is 4.21. The molecule has 0 aliphatic rings. The van der Waals surface area contributed by atoms with Gasteiger partial charge in [0.15, 0.2) is 5.96 Å². The molecule has 1 aromatic carbocycles. The zero-order valence-corrected chi connectivity index (χ0v) is 19.7. The van der Waals surface area contributed by atoms with Crippen molar-refractivity contribution in [3.63, 3.8) is 0 Å². The van der Waals surface area contributed by atoms with Crippen LogP contribution in [0.2, 0.25) is 0 Å². The van der Waals surface area contributed by atoms with Crippen molar-refractivity contribution < 1.29 is 8.42 Å². The second kappa shape index (κ2) is 12.1. The van der Waals surface area contributed by atoms with Crippen LogP contribution in [-0.2, 0) is 28.9 Å². The van der Waals surface area contributed by atoms with Crippen LogP contribution in [0.5, 0.6) is 0 Å². The van der Waals surface area contributed by atoms with E-state index < -0.39 is 10.0 Å². The average Bonchev–Trinajstić information content (AvgIpc) is 3.11. The second-order valence-electron chi connectivity index (χ2n) is 6.62. The van der Waals surface area contributed by atoms with E-state index in [0.29, 0.717) is 6.54 Å². The Balaban J connectivity index is 0.00000392. The summed E-state index contributed by atoms with van der Waals surface area (Å²) in [5.41, 5.74) is 1.82. The van der Waals surface area contributed by atoms with Gasteiger partial charge in [0.25, 0.3) is 0 Å². The van der Waals surface area contributed by atoms with E-state index in [1.165, 1.54) is 0 Å². The minimum absolute atomic E-state index is 0. The van der Waals surface area contributed by atoms with E-state index in [9.17, 15) is 8.42 Å². The molecular weight excluding hydrogens is 489 g/mol. The Morgan fingerprint density at radius 1 is 1.07 bits per heavy atom. The zero-order chi connectivity index (χ0) is 19.7. The summed E-state index contributed by atoms with van der Waals surface area (Å²) < 4.78 is 28.7. The van der Waals surface area contributed by atoms with E-state index in [0.717, 1.165) is 30.2 Å². The third-order valence-electron chi connectivity index (χ3n) is 3.81. The van der Waals surface area contributed by atoms with Crippen LogP contribution in [0.3, 0.4) is 0 Å². The standard InChI is InChI=1S/C19H29N5O2S.HI/c1-16(2)23-27(25,26)15-18-8-6-17(7-9-18)14-22-19(20-3)21-10-13-24-11-4-5-12-24;/h4-9,11-12,16,23H,10,13-15H2,1-3H3,(H2,20,21,22);1H. The summed E-state index contributed by atoms with van der Waals surface area (Å²) in [5, 5.41) is 6.53. The number of nitrogens with zero attached hydrogens (tertiary/aromatic N) is 2. The second-order valence-corrected chi connectivity index (χ2v) is 8.38. The molecule has 1 heterocycles. The van der Waals surface area contributed by atoms with Gasteiger partial charge in [-0.3, -0.25) is 4.99 Å². The summed E-state index contributed by atoms with van der Waals surface area (Å²) >= 11 is 0. The molecule has 2 aromatic rings. The number of sulfonamides is 1. The van der Waals surface area contributed by atoms with Gasteiger partial charge >= 0.3 is 0 Å². The largest absolute Gasteiger partial charge is 0.355 e. The lowest BCUT2D eigenvalue weighted by molar-refractivity contribution is 0.569. The highest BCUT2D eigenvalue weighted by Gasteiger charge is 2.12. The van der Waals surface area contributed by atoms with Gasteiger partial charge in [0.05, 0.1) is 5.75 Å². The molecule has 0 aliphatic heterocycles. The first kappa shape index (κ1) is 24.4. The van der Waals surface area contributed by atoms with Crippen LogP contribution in [0, 0.1) is 0 Å². The fourth-order valence-electron chi connectivity index (χ4n) is 2.60. The number of aromatic nitrogens is 1. The lowest BCUT2D eigenvalue weighted by Gasteiger charge is -2.13. The smallest absolute Gasteiger partial charge is 0.216 e. The molecule has 0 atom stereocenters. The first-order chi connectivity index (χ1) is 12.9. The summed E-state index contributed by atoms with van der Waals surface area (Å²) in [7, 11) is -1.57. The summed E-state index contributed by atoms with van der Waals surface area (Å²) in [6.07, 6.45) is 4.05. The topological polar surface area (TPSA) is 87.5 Å². The fraction of sp³-hybridized carbons (Fsp3) is 0.421. The van der Waals surface area contributed by atoms with Crippen LogP contribution in [-0.4, -0.2) is 38.6 Å². The highest BCUT2D eigenvalue weighted by Crippen LogP contribution is 2.08. The number of benzene rings is 1. The molecule has 0 unspecified atom stereocenters. The molecule has 0 saturated heterocycles. The minimum Gasteiger partial charge on any atom is -0.355 e. The van der Waals surface area contributed by atoms with Gasteiger partial charge in [-0.05, 0) is 37.1 Å². The maximum absolute atomic E-state index is 12.0. The maximum Gasteiger partial charge on any atom is 0.216 e. The molecule has 1 aromatic heterocycles. The van der Waals surface area contributed by atoms with Crippen LogP contribution in [0.15, 0.2) is 53.8 Å². The quantitative estimate of drug-likeness (QED) is 0.270. The Labute approximate surface area is 185 Å². The molecule has 0 aliphatic carbocycles. The Morgan fingerprint density at radius 3 is 2.25 bits per heavy atom. The predicted molar refractivity (Wildman–Crippen MR) is 125 cm³/mol. The van der Waals surface area contributed by atoms with E-state index in [1.807, 2.05) is 62.6 Å². The Morgan fingerprint density at radius 2 is 1.68 bits per heavy atom. The van der Waals surface area contributed by atoms with Gasteiger partial charge in [0.2, 0.25) is 10.0 Å². The normalized spacial score (nSPS) is 11.9. The highest BCUT2D eigenvalue weighted by molar-refractivity contribution is 14.0. The lowest BCUT2D eigenvalue weighted by atomic mass is 10.1. The van der Waals surface area contributed by atoms with Crippen LogP contribution >= 0.6 is 24.0 Å².